The van der Waals surface area contributed by atoms with E-state index in [9.17, 15) is 9.59 Å². The second kappa shape index (κ2) is 8.93. The predicted octanol–water partition coefficient (Wildman–Crippen LogP) is 1.79. The fourth-order valence-corrected chi connectivity index (χ4v) is 4.26. The molecule has 0 aromatic carbocycles. The maximum atomic E-state index is 11.7. The molecule has 0 saturated carbocycles. The Balaban J connectivity index is 1.73. The van der Waals surface area contributed by atoms with Gasteiger partial charge in [0.15, 0.2) is 9.16 Å². The summed E-state index contributed by atoms with van der Waals surface area (Å²) in [5, 5.41) is 14.5. The van der Waals surface area contributed by atoms with Gasteiger partial charge in [0, 0.05) is 0 Å². The summed E-state index contributed by atoms with van der Waals surface area (Å²) in [5.41, 5.74) is 2.87. The zero-order chi connectivity index (χ0) is 15.9. The molecule has 8 nitrogen and oxygen atoms in total. The molecule has 0 bridgehead atoms. The molecular formula is C8H6N4O4S6. The second-order valence-electron chi connectivity index (χ2n) is 3.15. The van der Waals surface area contributed by atoms with Crippen LogP contribution in [-0.2, 0) is 9.59 Å². The Morgan fingerprint density at radius 3 is 1.68 bits per heavy atom. The summed E-state index contributed by atoms with van der Waals surface area (Å²) in [6.45, 7) is 0. The first-order chi connectivity index (χ1) is 10.6. The Morgan fingerprint density at radius 1 is 0.955 bits per heavy atom. The first kappa shape index (κ1) is 17.8. The molecule has 0 aliphatic heterocycles. The first-order valence-corrected chi connectivity index (χ1v) is 10.3. The molecule has 0 fully saturated rings. The number of carbonyl (C=O) groups is 2. The highest BCUT2D eigenvalue weighted by Crippen LogP contribution is 2.36. The minimum absolute atomic E-state index is 0.132. The molecule has 0 saturated heterocycles. The molecule has 0 N–H and O–H groups in total. The normalized spacial score (nSPS) is 13.4. The van der Waals surface area contributed by atoms with E-state index < -0.39 is 21.1 Å². The van der Waals surface area contributed by atoms with Gasteiger partial charge in [-0.3, -0.25) is 0 Å². The lowest BCUT2D eigenvalue weighted by Gasteiger charge is -2.10. The lowest BCUT2D eigenvalue weighted by molar-refractivity contribution is -0.133. The third-order valence-electron chi connectivity index (χ3n) is 1.70. The Labute approximate surface area is 151 Å². The standard InChI is InChI=1S/C8H6N4O4S6/c13-3(15-7-11-9-1-19-7)5(17)21-22-6(18)4(14)16-8-12-10-2-20-8/h1-2,5-6,17-18H. The molecule has 14 heteroatoms. The lowest BCUT2D eigenvalue weighted by Crippen LogP contribution is -2.20. The third-order valence-corrected chi connectivity index (χ3v) is 7.09. The minimum atomic E-state index is -0.821. The van der Waals surface area contributed by atoms with E-state index in [0.717, 1.165) is 44.3 Å². The summed E-state index contributed by atoms with van der Waals surface area (Å²) in [4.78, 5) is 23.4. The highest BCUT2D eigenvalue weighted by Gasteiger charge is 2.24. The van der Waals surface area contributed by atoms with Crippen LogP contribution in [0.25, 0.3) is 0 Å². The van der Waals surface area contributed by atoms with Crippen molar-refractivity contribution in [2.24, 2.45) is 0 Å². The number of thiol groups is 2. The van der Waals surface area contributed by atoms with E-state index in [0.29, 0.717) is 0 Å². The van der Waals surface area contributed by atoms with E-state index >= 15 is 0 Å². The van der Waals surface area contributed by atoms with Crippen molar-refractivity contribution in [1.29, 1.82) is 0 Å². The van der Waals surface area contributed by atoms with Crippen molar-refractivity contribution in [1.82, 2.24) is 20.4 Å². The summed E-state index contributed by atoms with van der Waals surface area (Å²) in [5.74, 6) is -1.23. The van der Waals surface area contributed by atoms with Crippen molar-refractivity contribution in [2.75, 3.05) is 0 Å². The number of aromatic nitrogens is 4. The highest BCUT2D eigenvalue weighted by molar-refractivity contribution is 8.79. The van der Waals surface area contributed by atoms with Crippen molar-refractivity contribution in [3.05, 3.63) is 11.0 Å². The largest absolute Gasteiger partial charge is 0.395 e. The van der Waals surface area contributed by atoms with Crippen LogP contribution < -0.4 is 9.47 Å². The first-order valence-electron chi connectivity index (χ1n) is 5.20. The monoisotopic (exact) mass is 414 g/mol. The molecule has 2 aromatic rings. The van der Waals surface area contributed by atoms with Crippen LogP contribution in [0.15, 0.2) is 11.0 Å². The molecular weight excluding hydrogens is 409 g/mol. The summed E-state index contributed by atoms with van der Waals surface area (Å²) < 4.78 is 8.22. The summed E-state index contributed by atoms with van der Waals surface area (Å²) in [6, 6.07) is 0. The van der Waals surface area contributed by atoms with E-state index in [-0.39, 0.29) is 10.4 Å². The predicted molar refractivity (Wildman–Crippen MR) is 91.8 cm³/mol. The smallest absolute Gasteiger partial charge is 0.337 e. The molecule has 0 aliphatic carbocycles. The topological polar surface area (TPSA) is 104 Å². The van der Waals surface area contributed by atoms with Gasteiger partial charge in [-0.1, -0.05) is 54.5 Å². The molecule has 2 atom stereocenters. The molecule has 22 heavy (non-hydrogen) atoms. The van der Waals surface area contributed by atoms with E-state index in [1.54, 1.807) is 0 Å². The Kier molecular flexibility index (Phi) is 7.23. The van der Waals surface area contributed by atoms with Gasteiger partial charge in [0.05, 0.1) is 0 Å². The van der Waals surface area contributed by atoms with Gasteiger partial charge in [-0.05, 0) is 0 Å². The van der Waals surface area contributed by atoms with Gasteiger partial charge < -0.3 is 9.47 Å². The Bertz CT molecular complexity index is 554. The van der Waals surface area contributed by atoms with Gasteiger partial charge in [-0.2, -0.15) is 25.3 Å². The fourth-order valence-electron chi connectivity index (χ4n) is 0.872. The summed E-state index contributed by atoms with van der Waals surface area (Å²) in [7, 11) is 2.02. The van der Waals surface area contributed by atoms with E-state index in [1.807, 2.05) is 0 Å². The Hall–Kier alpha value is -0.540. The fraction of sp³-hybridized carbons (Fsp3) is 0.250. The molecule has 0 aliphatic rings. The third kappa shape index (κ3) is 5.58. The van der Waals surface area contributed by atoms with Crippen LogP contribution in [0.5, 0.6) is 10.4 Å². The highest BCUT2D eigenvalue weighted by atomic mass is 33.1. The molecule has 2 aromatic heterocycles. The van der Waals surface area contributed by atoms with Gasteiger partial charge in [0.2, 0.25) is 0 Å². The van der Waals surface area contributed by atoms with Crippen molar-refractivity contribution in [2.45, 2.75) is 9.16 Å². The second-order valence-corrected chi connectivity index (χ2v) is 8.95. The molecule has 2 heterocycles. The molecule has 118 valence electrons. The maximum Gasteiger partial charge on any atom is 0.337 e. The summed E-state index contributed by atoms with van der Waals surface area (Å²) >= 11 is 10.3. The molecule has 0 amide bonds. The molecule has 2 rings (SSSR count). The van der Waals surface area contributed by atoms with Crippen molar-refractivity contribution in [3.8, 4) is 10.4 Å². The van der Waals surface area contributed by atoms with Crippen LogP contribution in [0.2, 0.25) is 0 Å². The van der Waals surface area contributed by atoms with Crippen LogP contribution in [0, 0.1) is 0 Å². The minimum Gasteiger partial charge on any atom is -0.395 e. The van der Waals surface area contributed by atoms with Crippen LogP contribution in [0.3, 0.4) is 0 Å². The van der Waals surface area contributed by atoms with Gasteiger partial charge >= 0.3 is 22.3 Å². The quantitative estimate of drug-likeness (QED) is 0.301. The van der Waals surface area contributed by atoms with E-state index in [2.05, 4.69) is 45.7 Å². The van der Waals surface area contributed by atoms with Crippen molar-refractivity contribution >= 4 is 81.5 Å². The van der Waals surface area contributed by atoms with Crippen LogP contribution in [0.1, 0.15) is 0 Å². The van der Waals surface area contributed by atoms with Crippen LogP contribution >= 0.6 is 69.5 Å². The maximum absolute atomic E-state index is 11.7. The van der Waals surface area contributed by atoms with E-state index in [4.69, 9.17) is 9.47 Å². The summed E-state index contributed by atoms with van der Waals surface area (Å²) in [6.07, 6.45) is 0. The van der Waals surface area contributed by atoms with Crippen molar-refractivity contribution < 1.29 is 19.1 Å². The Morgan fingerprint density at radius 2 is 1.36 bits per heavy atom. The number of nitrogens with zero attached hydrogens (tertiary/aromatic N) is 4. The average molecular weight is 415 g/mol. The number of hydrogen-bond acceptors (Lipinski definition) is 14. The van der Waals surface area contributed by atoms with Gasteiger partial charge in [-0.25, -0.2) is 9.59 Å². The number of esters is 2. The van der Waals surface area contributed by atoms with Gasteiger partial charge in [0.1, 0.15) is 11.0 Å². The number of hydrogen-bond donors (Lipinski definition) is 2. The number of rotatable bonds is 7. The molecule has 0 spiro atoms. The van der Waals surface area contributed by atoms with E-state index in [1.165, 1.54) is 11.0 Å². The van der Waals surface area contributed by atoms with Crippen molar-refractivity contribution in [3.63, 3.8) is 0 Å². The van der Waals surface area contributed by atoms with Crippen LogP contribution in [0.4, 0.5) is 0 Å². The zero-order valence-electron chi connectivity index (χ0n) is 10.3. The van der Waals surface area contributed by atoms with Gasteiger partial charge in [-0.15, -0.1) is 10.2 Å². The SMILES string of the molecule is O=C(Oc1nncs1)C(S)SSC(S)C(=O)Oc1nncs1. The number of ether oxygens (including phenoxy) is 2. The number of carbonyl (C=O) groups excluding carboxylic acids is 2. The van der Waals surface area contributed by atoms with Gasteiger partial charge in [0.25, 0.3) is 0 Å². The lowest BCUT2D eigenvalue weighted by atomic mass is 10.8. The van der Waals surface area contributed by atoms with Crippen LogP contribution in [-0.4, -0.2) is 41.5 Å². The molecule has 2 unspecified atom stereocenters. The average Bonchev–Trinajstić information content (AvgIpc) is 3.17. The molecule has 0 radical (unpaired) electrons. The zero-order valence-corrected chi connectivity index (χ0v) is 15.3.